The molecule has 0 atom stereocenters. The first-order valence-corrected chi connectivity index (χ1v) is 6.84. The lowest BCUT2D eigenvalue weighted by molar-refractivity contribution is -0.385. The number of halogens is 1. The number of hydrogen-bond donors (Lipinski definition) is 1. The zero-order valence-electron chi connectivity index (χ0n) is 10.5. The summed E-state index contributed by atoms with van der Waals surface area (Å²) >= 11 is 1.97. The lowest BCUT2D eigenvalue weighted by Crippen LogP contribution is -2.12. The summed E-state index contributed by atoms with van der Waals surface area (Å²) in [6.07, 6.45) is 0. The molecular formula is C12H17IN2O3. The molecule has 1 rings (SSSR count). The van der Waals surface area contributed by atoms with Crippen molar-refractivity contribution in [3.8, 4) is 0 Å². The third-order valence-corrected chi connectivity index (χ3v) is 3.04. The van der Waals surface area contributed by atoms with E-state index in [4.69, 9.17) is 4.74 Å². The average Bonchev–Trinajstić information content (AvgIpc) is 2.27. The molecule has 6 heteroatoms. The molecule has 1 aromatic rings. The molecule has 0 fully saturated rings. The Balaban J connectivity index is 2.39. The zero-order valence-corrected chi connectivity index (χ0v) is 12.6. The van der Waals surface area contributed by atoms with Crippen molar-refractivity contribution in [2.24, 2.45) is 5.92 Å². The van der Waals surface area contributed by atoms with Gasteiger partial charge in [-0.3, -0.25) is 10.1 Å². The second-order valence-electron chi connectivity index (χ2n) is 4.32. The molecule has 0 aliphatic heterocycles. The maximum atomic E-state index is 10.7. The van der Waals surface area contributed by atoms with Crippen molar-refractivity contribution >= 4 is 34.0 Å². The Morgan fingerprint density at radius 3 is 2.78 bits per heavy atom. The standard InChI is InChI=1S/C12H17IN2O3/c1-9(2)8-18-6-5-14-10-3-4-12(15(16)17)11(13)7-10/h3-4,7,9,14H,5-6,8H2,1-2H3. The number of anilines is 1. The van der Waals surface area contributed by atoms with Crippen LogP contribution in [0.15, 0.2) is 18.2 Å². The lowest BCUT2D eigenvalue weighted by atomic mass is 10.2. The lowest BCUT2D eigenvalue weighted by Gasteiger charge is -2.09. The highest BCUT2D eigenvalue weighted by Crippen LogP contribution is 2.23. The molecule has 0 spiro atoms. The summed E-state index contributed by atoms with van der Waals surface area (Å²) in [6, 6.07) is 4.99. The van der Waals surface area contributed by atoms with Crippen LogP contribution in [-0.4, -0.2) is 24.7 Å². The first-order valence-electron chi connectivity index (χ1n) is 5.76. The van der Waals surface area contributed by atoms with E-state index < -0.39 is 0 Å². The van der Waals surface area contributed by atoms with E-state index in [1.807, 2.05) is 22.6 Å². The average molecular weight is 364 g/mol. The van der Waals surface area contributed by atoms with Crippen LogP contribution in [0.3, 0.4) is 0 Å². The highest BCUT2D eigenvalue weighted by atomic mass is 127. The van der Waals surface area contributed by atoms with Gasteiger partial charge in [0.1, 0.15) is 0 Å². The van der Waals surface area contributed by atoms with Crippen molar-refractivity contribution in [1.29, 1.82) is 0 Å². The van der Waals surface area contributed by atoms with Crippen LogP contribution in [0.1, 0.15) is 13.8 Å². The van der Waals surface area contributed by atoms with Gasteiger partial charge in [0.2, 0.25) is 0 Å². The van der Waals surface area contributed by atoms with Crippen LogP contribution in [0.4, 0.5) is 11.4 Å². The van der Waals surface area contributed by atoms with Crippen LogP contribution >= 0.6 is 22.6 Å². The predicted molar refractivity (Wildman–Crippen MR) is 80.0 cm³/mol. The minimum absolute atomic E-state index is 0.136. The van der Waals surface area contributed by atoms with Gasteiger partial charge in [0, 0.05) is 24.9 Å². The molecule has 0 aromatic heterocycles. The molecular weight excluding hydrogens is 347 g/mol. The maximum Gasteiger partial charge on any atom is 0.282 e. The van der Waals surface area contributed by atoms with E-state index in [9.17, 15) is 10.1 Å². The molecule has 0 aliphatic rings. The zero-order chi connectivity index (χ0) is 13.5. The van der Waals surface area contributed by atoms with E-state index in [0.29, 0.717) is 22.6 Å². The van der Waals surface area contributed by atoms with Gasteiger partial charge in [0.05, 0.1) is 15.1 Å². The number of nitrogens with one attached hydrogen (secondary N) is 1. The first kappa shape index (κ1) is 15.2. The molecule has 5 nitrogen and oxygen atoms in total. The van der Waals surface area contributed by atoms with Gasteiger partial charge in [-0.05, 0) is 40.6 Å². The summed E-state index contributed by atoms with van der Waals surface area (Å²) in [6.45, 7) is 6.28. The normalized spacial score (nSPS) is 10.7. The van der Waals surface area contributed by atoms with Crippen molar-refractivity contribution in [2.75, 3.05) is 25.1 Å². The molecule has 100 valence electrons. The monoisotopic (exact) mass is 364 g/mol. The van der Waals surface area contributed by atoms with Gasteiger partial charge in [0.15, 0.2) is 0 Å². The third-order valence-electron chi connectivity index (χ3n) is 2.17. The van der Waals surface area contributed by atoms with Gasteiger partial charge in [-0.2, -0.15) is 0 Å². The molecule has 0 saturated heterocycles. The number of benzene rings is 1. The molecule has 0 aliphatic carbocycles. The number of rotatable bonds is 7. The Morgan fingerprint density at radius 1 is 1.50 bits per heavy atom. The van der Waals surface area contributed by atoms with Crippen LogP contribution in [0.2, 0.25) is 0 Å². The highest BCUT2D eigenvalue weighted by molar-refractivity contribution is 14.1. The molecule has 0 amide bonds. The topological polar surface area (TPSA) is 64.4 Å². The van der Waals surface area contributed by atoms with Crippen molar-refractivity contribution < 1.29 is 9.66 Å². The SMILES string of the molecule is CC(C)COCCNc1ccc([N+](=O)[O-])c(I)c1. The Hall–Kier alpha value is -0.890. The third kappa shape index (κ3) is 5.18. The van der Waals surface area contributed by atoms with Crippen molar-refractivity contribution in [3.05, 3.63) is 31.9 Å². The number of nitro benzene ring substituents is 1. The second kappa shape index (κ2) is 7.52. The fraction of sp³-hybridized carbons (Fsp3) is 0.500. The van der Waals surface area contributed by atoms with E-state index in [1.165, 1.54) is 6.07 Å². The second-order valence-corrected chi connectivity index (χ2v) is 5.48. The minimum atomic E-state index is -0.378. The Kier molecular flexibility index (Phi) is 6.34. The predicted octanol–water partition coefficient (Wildman–Crippen LogP) is 3.28. The van der Waals surface area contributed by atoms with Crippen molar-refractivity contribution in [3.63, 3.8) is 0 Å². The quantitative estimate of drug-likeness (QED) is 0.349. The molecule has 0 heterocycles. The smallest absolute Gasteiger partial charge is 0.282 e. The molecule has 1 aromatic carbocycles. The van der Waals surface area contributed by atoms with Crippen LogP contribution in [0, 0.1) is 19.6 Å². The van der Waals surface area contributed by atoms with Crippen LogP contribution < -0.4 is 5.32 Å². The summed E-state index contributed by atoms with van der Waals surface area (Å²) in [5, 5.41) is 13.8. The summed E-state index contributed by atoms with van der Waals surface area (Å²) in [7, 11) is 0. The van der Waals surface area contributed by atoms with E-state index >= 15 is 0 Å². The Morgan fingerprint density at radius 2 is 2.22 bits per heavy atom. The number of ether oxygens (including phenoxy) is 1. The molecule has 0 radical (unpaired) electrons. The van der Waals surface area contributed by atoms with E-state index in [1.54, 1.807) is 12.1 Å². The van der Waals surface area contributed by atoms with Gasteiger partial charge in [-0.1, -0.05) is 13.8 Å². The van der Waals surface area contributed by atoms with Gasteiger partial charge >= 0.3 is 0 Å². The largest absolute Gasteiger partial charge is 0.383 e. The van der Waals surface area contributed by atoms with E-state index in [0.717, 1.165) is 12.3 Å². The Bertz CT molecular complexity index is 410. The molecule has 1 N–H and O–H groups in total. The fourth-order valence-electron chi connectivity index (χ4n) is 1.35. The summed E-state index contributed by atoms with van der Waals surface area (Å²) in [5.74, 6) is 0.533. The minimum Gasteiger partial charge on any atom is -0.383 e. The fourth-order valence-corrected chi connectivity index (χ4v) is 2.06. The number of hydrogen-bond acceptors (Lipinski definition) is 4. The molecule has 0 bridgehead atoms. The molecule has 0 unspecified atom stereocenters. The summed E-state index contributed by atoms with van der Waals surface area (Å²) in [4.78, 5) is 10.3. The van der Waals surface area contributed by atoms with Gasteiger partial charge < -0.3 is 10.1 Å². The van der Waals surface area contributed by atoms with Gasteiger partial charge in [0.25, 0.3) is 5.69 Å². The summed E-state index contributed by atoms with van der Waals surface area (Å²) < 4.78 is 6.07. The van der Waals surface area contributed by atoms with Crippen molar-refractivity contribution in [2.45, 2.75) is 13.8 Å². The van der Waals surface area contributed by atoms with Crippen LogP contribution in [0.25, 0.3) is 0 Å². The maximum absolute atomic E-state index is 10.7. The van der Waals surface area contributed by atoms with Crippen LogP contribution in [0.5, 0.6) is 0 Å². The van der Waals surface area contributed by atoms with Crippen molar-refractivity contribution in [1.82, 2.24) is 0 Å². The van der Waals surface area contributed by atoms with E-state index in [-0.39, 0.29) is 10.6 Å². The van der Waals surface area contributed by atoms with Gasteiger partial charge in [-0.15, -0.1) is 0 Å². The van der Waals surface area contributed by atoms with Gasteiger partial charge in [-0.25, -0.2) is 0 Å². The Labute approximate surface area is 120 Å². The van der Waals surface area contributed by atoms with Crippen LogP contribution in [-0.2, 0) is 4.74 Å². The first-order chi connectivity index (χ1) is 8.50. The highest BCUT2D eigenvalue weighted by Gasteiger charge is 2.11. The number of nitrogens with zero attached hydrogens (tertiary/aromatic N) is 1. The number of nitro groups is 1. The molecule has 0 saturated carbocycles. The van der Waals surface area contributed by atoms with E-state index in [2.05, 4.69) is 19.2 Å². The summed E-state index contributed by atoms with van der Waals surface area (Å²) in [5.41, 5.74) is 1.01. The molecule has 18 heavy (non-hydrogen) atoms.